The third-order valence-electron chi connectivity index (χ3n) is 3.22. The Bertz CT molecular complexity index is 829. The van der Waals surface area contributed by atoms with Gasteiger partial charge in [-0.1, -0.05) is 40.2 Å². The summed E-state index contributed by atoms with van der Waals surface area (Å²) >= 11 is 6.89. The van der Waals surface area contributed by atoms with E-state index in [2.05, 4.69) is 36.8 Å². The van der Waals surface area contributed by atoms with Gasteiger partial charge in [-0.25, -0.2) is 4.98 Å². The molecule has 0 fully saturated rings. The summed E-state index contributed by atoms with van der Waals surface area (Å²) in [7, 11) is 0. The van der Waals surface area contributed by atoms with Gasteiger partial charge < -0.3 is 4.74 Å². The van der Waals surface area contributed by atoms with Crippen LogP contribution in [0, 0.1) is 0 Å². The first-order chi connectivity index (χ1) is 10.1. The van der Waals surface area contributed by atoms with Gasteiger partial charge in [-0.15, -0.1) is 0 Å². The zero-order chi connectivity index (χ0) is 15.0. The lowest BCUT2D eigenvalue weighted by molar-refractivity contribution is -0.142. The molecule has 0 amide bonds. The zero-order valence-corrected chi connectivity index (χ0v) is 14.4. The molecule has 6 heteroatoms. The molecule has 108 valence electrons. The van der Waals surface area contributed by atoms with Crippen LogP contribution in [0.1, 0.15) is 17.4 Å². The van der Waals surface area contributed by atoms with Crippen LogP contribution in [0.2, 0.25) is 0 Å². The number of carbonyl (C=O) groups excluding carboxylic acids is 1. The topological polar surface area (TPSA) is 43.6 Å². The summed E-state index contributed by atoms with van der Waals surface area (Å²) in [5.41, 5.74) is 1.42. The van der Waals surface area contributed by atoms with Gasteiger partial charge in [0.1, 0.15) is 10.3 Å². The van der Waals surface area contributed by atoms with Crippen molar-refractivity contribution in [2.75, 3.05) is 6.61 Å². The van der Waals surface area contributed by atoms with Crippen LogP contribution in [0.4, 0.5) is 0 Å². The Morgan fingerprint density at radius 1 is 1.38 bits per heavy atom. The molecule has 0 radical (unpaired) electrons. The summed E-state index contributed by atoms with van der Waals surface area (Å²) in [6.45, 7) is 2.12. The molecule has 1 unspecified atom stereocenters. The standard InChI is InChI=1S/C15H12Br2N2O2/c1-2-21-15(20)11(16)12-13(17)19-8-7-9-5-3-4-6-10(9)14(19)18-12/h3-8,11H,2H2,1H3. The van der Waals surface area contributed by atoms with Gasteiger partial charge in [0, 0.05) is 11.6 Å². The van der Waals surface area contributed by atoms with Crippen molar-refractivity contribution in [2.45, 2.75) is 11.8 Å². The molecule has 21 heavy (non-hydrogen) atoms. The Labute approximate surface area is 138 Å². The van der Waals surface area contributed by atoms with Crippen molar-refractivity contribution in [2.24, 2.45) is 0 Å². The maximum atomic E-state index is 11.9. The number of hydrogen-bond acceptors (Lipinski definition) is 3. The molecule has 3 rings (SSSR count). The number of rotatable bonds is 3. The minimum absolute atomic E-state index is 0.342. The largest absolute Gasteiger partial charge is 0.465 e. The van der Waals surface area contributed by atoms with Gasteiger partial charge in [-0.2, -0.15) is 0 Å². The van der Waals surface area contributed by atoms with Crippen molar-refractivity contribution < 1.29 is 9.53 Å². The number of benzene rings is 1. The van der Waals surface area contributed by atoms with Gasteiger partial charge in [0.05, 0.1) is 12.3 Å². The molecule has 3 aromatic rings. The molecule has 0 saturated carbocycles. The van der Waals surface area contributed by atoms with Crippen LogP contribution in [0.5, 0.6) is 0 Å². The maximum Gasteiger partial charge on any atom is 0.326 e. The van der Waals surface area contributed by atoms with E-state index in [1.54, 1.807) is 6.92 Å². The van der Waals surface area contributed by atoms with E-state index in [1.807, 2.05) is 40.9 Å². The number of aromatic nitrogens is 2. The average Bonchev–Trinajstić information content (AvgIpc) is 2.84. The van der Waals surface area contributed by atoms with Crippen molar-refractivity contribution >= 4 is 54.2 Å². The lowest BCUT2D eigenvalue weighted by atomic mass is 10.2. The van der Waals surface area contributed by atoms with Crippen LogP contribution in [-0.4, -0.2) is 22.0 Å². The van der Waals surface area contributed by atoms with E-state index in [0.717, 1.165) is 21.0 Å². The highest BCUT2D eigenvalue weighted by Gasteiger charge is 2.25. The molecule has 0 spiro atoms. The summed E-state index contributed by atoms with van der Waals surface area (Å²) in [6.07, 6.45) is 1.93. The first-order valence-corrected chi connectivity index (χ1v) is 8.20. The molecular formula is C15H12Br2N2O2. The molecule has 0 bridgehead atoms. The van der Waals surface area contributed by atoms with Crippen molar-refractivity contribution in [1.82, 2.24) is 9.38 Å². The molecule has 0 saturated heterocycles. The summed E-state index contributed by atoms with van der Waals surface area (Å²) in [4.78, 5) is 15.9. The second kappa shape index (κ2) is 5.77. The highest BCUT2D eigenvalue weighted by Crippen LogP contribution is 2.33. The number of esters is 1. The Kier molecular flexibility index (Phi) is 3.99. The number of fused-ring (bicyclic) bond motifs is 3. The van der Waals surface area contributed by atoms with Gasteiger partial charge in [-0.05, 0) is 34.3 Å². The van der Waals surface area contributed by atoms with Crippen LogP contribution in [0.15, 0.2) is 41.1 Å². The highest BCUT2D eigenvalue weighted by molar-refractivity contribution is 9.11. The first kappa shape index (κ1) is 14.5. The molecule has 0 aliphatic rings. The molecular weight excluding hydrogens is 400 g/mol. The molecule has 0 aliphatic heterocycles. The quantitative estimate of drug-likeness (QED) is 0.478. The number of alkyl halides is 1. The monoisotopic (exact) mass is 410 g/mol. The van der Waals surface area contributed by atoms with E-state index in [-0.39, 0.29) is 5.97 Å². The SMILES string of the molecule is CCOC(=O)C(Br)c1nc2c3ccccc3ccn2c1Br. The number of ether oxygens (including phenoxy) is 1. The van der Waals surface area contributed by atoms with Crippen molar-refractivity contribution in [3.63, 3.8) is 0 Å². The van der Waals surface area contributed by atoms with E-state index < -0.39 is 4.83 Å². The fraction of sp³-hybridized carbons (Fsp3) is 0.200. The van der Waals surface area contributed by atoms with Crippen molar-refractivity contribution in [3.8, 4) is 0 Å². The molecule has 1 aromatic carbocycles. The van der Waals surface area contributed by atoms with Gasteiger partial charge >= 0.3 is 5.97 Å². The maximum absolute atomic E-state index is 11.9. The first-order valence-electron chi connectivity index (χ1n) is 6.49. The minimum Gasteiger partial charge on any atom is -0.465 e. The van der Waals surface area contributed by atoms with Gasteiger partial charge in [0.2, 0.25) is 0 Å². The Hall–Kier alpha value is -1.40. The lowest BCUT2D eigenvalue weighted by Gasteiger charge is -2.06. The second-order valence-electron chi connectivity index (χ2n) is 4.50. The van der Waals surface area contributed by atoms with Crippen LogP contribution in [0.25, 0.3) is 16.4 Å². The molecule has 4 nitrogen and oxygen atoms in total. The Morgan fingerprint density at radius 3 is 2.90 bits per heavy atom. The summed E-state index contributed by atoms with van der Waals surface area (Å²) < 4.78 is 7.71. The van der Waals surface area contributed by atoms with Crippen LogP contribution >= 0.6 is 31.9 Å². The third-order valence-corrected chi connectivity index (χ3v) is 4.81. The van der Waals surface area contributed by atoms with E-state index in [9.17, 15) is 4.79 Å². The van der Waals surface area contributed by atoms with E-state index in [1.165, 1.54) is 0 Å². The molecule has 2 aromatic heterocycles. The summed E-state index contributed by atoms with van der Waals surface area (Å²) in [6, 6.07) is 10.0. The molecule has 0 N–H and O–H groups in total. The van der Waals surface area contributed by atoms with Gasteiger partial charge in [0.15, 0.2) is 4.83 Å². The van der Waals surface area contributed by atoms with Crippen LogP contribution in [0.3, 0.4) is 0 Å². The van der Waals surface area contributed by atoms with Crippen molar-refractivity contribution in [1.29, 1.82) is 0 Å². The predicted octanol–water partition coefficient (Wildman–Crippen LogP) is 4.25. The average molecular weight is 412 g/mol. The fourth-order valence-electron chi connectivity index (χ4n) is 2.25. The van der Waals surface area contributed by atoms with Gasteiger partial charge in [0.25, 0.3) is 0 Å². The summed E-state index contributed by atoms with van der Waals surface area (Å²) in [5.74, 6) is -0.342. The number of nitrogens with zero attached hydrogens (tertiary/aromatic N) is 2. The molecule has 0 aliphatic carbocycles. The lowest BCUT2D eigenvalue weighted by Crippen LogP contribution is -2.11. The highest BCUT2D eigenvalue weighted by atomic mass is 79.9. The zero-order valence-electron chi connectivity index (χ0n) is 11.2. The number of carbonyl (C=O) groups is 1. The third kappa shape index (κ3) is 2.46. The van der Waals surface area contributed by atoms with Gasteiger partial charge in [-0.3, -0.25) is 9.20 Å². The predicted molar refractivity (Wildman–Crippen MR) is 88.7 cm³/mol. The molecule has 1 atom stereocenters. The Balaban J connectivity index is 2.19. The van der Waals surface area contributed by atoms with E-state index in [0.29, 0.717) is 12.3 Å². The number of pyridine rings is 1. The van der Waals surface area contributed by atoms with Crippen molar-refractivity contribution in [3.05, 3.63) is 46.8 Å². The second-order valence-corrected chi connectivity index (χ2v) is 6.17. The van der Waals surface area contributed by atoms with E-state index >= 15 is 0 Å². The fourth-order valence-corrected chi connectivity index (χ4v) is 3.61. The Morgan fingerprint density at radius 2 is 2.14 bits per heavy atom. The smallest absolute Gasteiger partial charge is 0.326 e. The normalized spacial score (nSPS) is 12.7. The summed E-state index contributed by atoms with van der Waals surface area (Å²) in [5, 5.41) is 2.15. The van der Waals surface area contributed by atoms with E-state index in [4.69, 9.17) is 4.74 Å². The van der Waals surface area contributed by atoms with Crippen LogP contribution in [-0.2, 0) is 9.53 Å². The number of halogens is 2. The van der Waals surface area contributed by atoms with Crippen LogP contribution < -0.4 is 0 Å². The minimum atomic E-state index is -0.592. The number of imidazole rings is 1. The number of hydrogen-bond donors (Lipinski definition) is 0. The molecule has 2 heterocycles.